The van der Waals surface area contributed by atoms with E-state index in [9.17, 15) is 14.7 Å². The van der Waals surface area contributed by atoms with Gasteiger partial charge in [-0.1, -0.05) is 13.3 Å². The largest absolute Gasteiger partial charge is 0.480 e. The molecule has 1 aliphatic rings. The standard InChI is InChI=1S/C17H21N3O3/c1-2-12-5-7-17(8-6-12,16(22)23)19-15(21)13-3-4-14-18-9-10-20(14)11-13/h3-4,9-12H,2,5-8H2,1H3,(H,19,21)(H,22,23). The fraction of sp³-hybridized carbons (Fsp3) is 0.471. The summed E-state index contributed by atoms with van der Waals surface area (Å²) in [7, 11) is 0. The molecule has 0 bridgehead atoms. The molecule has 0 atom stereocenters. The second-order valence-electron chi connectivity index (χ2n) is 6.30. The van der Waals surface area contributed by atoms with Crippen LogP contribution in [0.5, 0.6) is 0 Å². The first-order valence-corrected chi connectivity index (χ1v) is 8.03. The van der Waals surface area contributed by atoms with Gasteiger partial charge in [-0.25, -0.2) is 9.78 Å². The Hall–Kier alpha value is -2.37. The molecular formula is C17H21N3O3. The molecule has 3 rings (SSSR count). The third kappa shape index (κ3) is 2.93. The molecule has 1 fully saturated rings. The van der Waals surface area contributed by atoms with Crippen LogP contribution in [-0.2, 0) is 4.79 Å². The van der Waals surface area contributed by atoms with Crippen LogP contribution in [0.3, 0.4) is 0 Å². The molecular weight excluding hydrogens is 294 g/mol. The molecule has 6 nitrogen and oxygen atoms in total. The van der Waals surface area contributed by atoms with Crippen LogP contribution in [0.4, 0.5) is 0 Å². The number of fused-ring (bicyclic) bond motifs is 1. The smallest absolute Gasteiger partial charge is 0.329 e. The summed E-state index contributed by atoms with van der Waals surface area (Å²) < 4.78 is 1.75. The van der Waals surface area contributed by atoms with Gasteiger partial charge in [-0.15, -0.1) is 0 Å². The minimum absolute atomic E-state index is 0.349. The molecule has 23 heavy (non-hydrogen) atoms. The number of carboxylic acid groups (broad SMARTS) is 1. The molecule has 1 aliphatic carbocycles. The normalized spacial score (nSPS) is 24.5. The van der Waals surface area contributed by atoms with Crippen LogP contribution in [0.25, 0.3) is 5.65 Å². The minimum atomic E-state index is -1.15. The van der Waals surface area contributed by atoms with Gasteiger partial charge in [0.2, 0.25) is 0 Å². The van der Waals surface area contributed by atoms with Crippen LogP contribution in [0.2, 0.25) is 0 Å². The van der Waals surface area contributed by atoms with Gasteiger partial charge in [-0.2, -0.15) is 0 Å². The number of aliphatic carboxylic acids is 1. The molecule has 2 heterocycles. The van der Waals surface area contributed by atoms with Crippen molar-refractivity contribution in [2.45, 2.75) is 44.6 Å². The van der Waals surface area contributed by atoms with Crippen LogP contribution >= 0.6 is 0 Å². The molecule has 2 aromatic rings. The van der Waals surface area contributed by atoms with Crippen molar-refractivity contribution in [2.75, 3.05) is 0 Å². The number of amides is 1. The summed E-state index contributed by atoms with van der Waals surface area (Å²) in [6.07, 6.45) is 8.78. The number of pyridine rings is 1. The highest BCUT2D eigenvalue weighted by atomic mass is 16.4. The average molecular weight is 315 g/mol. The zero-order valence-electron chi connectivity index (χ0n) is 13.2. The summed E-state index contributed by atoms with van der Waals surface area (Å²) in [5, 5.41) is 12.4. The highest BCUT2D eigenvalue weighted by molar-refractivity contribution is 5.97. The van der Waals surface area contributed by atoms with Gasteiger partial charge in [0.15, 0.2) is 0 Å². The summed E-state index contributed by atoms with van der Waals surface area (Å²) in [5.41, 5.74) is 0.0406. The first kappa shape index (κ1) is 15.5. The molecule has 1 saturated carbocycles. The Morgan fingerprint density at radius 3 is 2.78 bits per heavy atom. The van der Waals surface area contributed by atoms with Crippen molar-refractivity contribution in [1.29, 1.82) is 0 Å². The minimum Gasteiger partial charge on any atom is -0.480 e. The number of imidazole rings is 1. The fourth-order valence-corrected chi connectivity index (χ4v) is 3.31. The van der Waals surface area contributed by atoms with Crippen molar-refractivity contribution in [3.8, 4) is 0 Å². The lowest BCUT2D eigenvalue weighted by Crippen LogP contribution is -2.56. The Morgan fingerprint density at radius 2 is 2.13 bits per heavy atom. The van der Waals surface area contributed by atoms with E-state index in [1.165, 1.54) is 0 Å². The molecule has 0 unspecified atom stereocenters. The Bertz CT molecular complexity index is 730. The number of rotatable bonds is 4. The highest BCUT2D eigenvalue weighted by Gasteiger charge is 2.43. The SMILES string of the molecule is CCC1CCC(NC(=O)c2ccc3nccn3c2)(C(=O)O)CC1. The van der Waals surface area contributed by atoms with Gasteiger partial charge >= 0.3 is 5.97 Å². The molecule has 6 heteroatoms. The monoisotopic (exact) mass is 315 g/mol. The number of carbonyl (C=O) groups is 2. The first-order valence-electron chi connectivity index (χ1n) is 8.03. The first-order chi connectivity index (χ1) is 11.0. The van der Waals surface area contributed by atoms with Gasteiger partial charge in [-0.3, -0.25) is 4.79 Å². The molecule has 122 valence electrons. The molecule has 0 saturated heterocycles. The number of carbonyl (C=O) groups excluding carboxylic acids is 1. The predicted octanol–water partition coefficient (Wildman–Crippen LogP) is 2.49. The van der Waals surface area contributed by atoms with Crippen LogP contribution < -0.4 is 5.32 Å². The lowest BCUT2D eigenvalue weighted by molar-refractivity contribution is -0.146. The topological polar surface area (TPSA) is 83.7 Å². The van der Waals surface area contributed by atoms with E-state index in [1.54, 1.807) is 35.1 Å². The summed E-state index contributed by atoms with van der Waals surface area (Å²) in [5.74, 6) is -0.733. The Labute approximate surface area is 134 Å². The van der Waals surface area contributed by atoms with Gasteiger partial charge < -0.3 is 14.8 Å². The second kappa shape index (κ2) is 6.02. The van der Waals surface area contributed by atoms with Crippen molar-refractivity contribution in [2.24, 2.45) is 5.92 Å². The summed E-state index contributed by atoms with van der Waals surface area (Å²) in [4.78, 5) is 28.4. The zero-order valence-corrected chi connectivity index (χ0v) is 13.2. The maximum Gasteiger partial charge on any atom is 0.329 e. The lowest BCUT2D eigenvalue weighted by atomic mass is 9.75. The highest BCUT2D eigenvalue weighted by Crippen LogP contribution is 2.34. The van der Waals surface area contributed by atoms with Gasteiger partial charge in [-0.05, 0) is 43.7 Å². The number of hydrogen-bond donors (Lipinski definition) is 2. The second-order valence-corrected chi connectivity index (χ2v) is 6.30. The average Bonchev–Trinajstić information content (AvgIpc) is 3.02. The molecule has 0 radical (unpaired) electrons. The van der Waals surface area contributed by atoms with Crippen LogP contribution in [0, 0.1) is 5.92 Å². The van der Waals surface area contributed by atoms with E-state index in [1.807, 2.05) is 0 Å². The summed E-state index contributed by atoms with van der Waals surface area (Å²) >= 11 is 0. The van der Waals surface area contributed by atoms with Gasteiger partial charge in [0, 0.05) is 18.6 Å². The third-order valence-corrected chi connectivity index (χ3v) is 4.95. The van der Waals surface area contributed by atoms with Crippen molar-refractivity contribution >= 4 is 17.5 Å². The van der Waals surface area contributed by atoms with Crippen LogP contribution in [-0.4, -0.2) is 31.9 Å². The number of aromatic nitrogens is 2. The van der Waals surface area contributed by atoms with E-state index in [4.69, 9.17) is 0 Å². The third-order valence-electron chi connectivity index (χ3n) is 4.95. The van der Waals surface area contributed by atoms with E-state index in [0.29, 0.717) is 24.3 Å². The lowest BCUT2D eigenvalue weighted by Gasteiger charge is -2.37. The van der Waals surface area contributed by atoms with Crippen molar-refractivity contribution in [3.05, 3.63) is 36.3 Å². The van der Waals surface area contributed by atoms with E-state index in [2.05, 4.69) is 17.2 Å². The molecule has 1 amide bonds. The van der Waals surface area contributed by atoms with Crippen molar-refractivity contribution in [1.82, 2.24) is 14.7 Å². The predicted molar refractivity (Wildman–Crippen MR) is 85.3 cm³/mol. The fourth-order valence-electron chi connectivity index (χ4n) is 3.31. The number of nitrogens with one attached hydrogen (secondary N) is 1. The number of hydrogen-bond acceptors (Lipinski definition) is 3. The van der Waals surface area contributed by atoms with Crippen molar-refractivity contribution < 1.29 is 14.7 Å². The van der Waals surface area contributed by atoms with Gasteiger partial charge in [0.25, 0.3) is 5.91 Å². The molecule has 0 aromatic carbocycles. The van der Waals surface area contributed by atoms with Crippen LogP contribution in [0.15, 0.2) is 30.7 Å². The van der Waals surface area contributed by atoms with Crippen molar-refractivity contribution in [3.63, 3.8) is 0 Å². The summed E-state index contributed by atoms with van der Waals surface area (Å²) in [6.45, 7) is 2.12. The molecule has 0 spiro atoms. The quantitative estimate of drug-likeness (QED) is 0.908. The maximum absolute atomic E-state index is 12.5. The summed E-state index contributed by atoms with van der Waals surface area (Å²) in [6, 6.07) is 3.42. The Kier molecular flexibility index (Phi) is 4.07. The van der Waals surface area contributed by atoms with E-state index < -0.39 is 11.5 Å². The molecule has 0 aliphatic heterocycles. The van der Waals surface area contributed by atoms with Gasteiger partial charge in [0.1, 0.15) is 11.2 Å². The van der Waals surface area contributed by atoms with E-state index in [0.717, 1.165) is 24.9 Å². The number of nitrogens with zero attached hydrogens (tertiary/aromatic N) is 2. The Morgan fingerprint density at radius 1 is 1.39 bits per heavy atom. The zero-order chi connectivity index (χ0) is 16.4. The molecule has 2 N–H and O–H groups in total. The van der Waals surface area contributed by atoms with Crippen LogP contribution in [0.1, 0.15) is 49.4 Å². The number of carboxylic acids is 1. The van der Waals surface area contributed by atoms with E-state index in [-0.39, 0.29) is 5.91 Å². The Balaban J connectivity index is 1.79. The van der Waals surface area contributed by atoms with Gasteiger partial charge in [0.05, 0.1) is 5.56 Å². The van der Waals surface area contributed by atoms with E-state index >= 15 is 0 Å². The molecule has 2 aromatic heterocycles. The maximum atomic E-state index is 12.5.